The van der Waals surface area contributed by atoms with Crippen LogP contribution >= 0.6 is 0 Å². The average molecular weight is 509 g/mol. The summed E-state index contributed by atoms with van der Waals surface area (Å²) in [4.78, 5) is 21.5. The number of nitrogens with zero attached hydrogens (tertiary/aromatic N) is 2. The van der Waals surface area contributed by atoms with Crippen LogP contribution in [0.15, 0.2) is 90.1 Å². The Balaban J connectivity index is 1.21. The Bertz CT molecular complexity index is 1380. The summed E-state index contributed by atoms with van der Waals surface area (Å²) >= 11 is 0. The van der Waals surface area contributed by atoms with Crippen molar-refractivity contribution in [2.45, 2.75) is 44.6 Å². The van der Waals surface area contributed by atoms with Crippen molar-refractivity contribution in [1.82, 2.24) is 4.98 Å². The van der Waals surface area contributed by atoms with Gasteiger partial charge in [-0.2, -0.15) is 0 Å². The number of aromatic nitrogens is 1. The number of oxime groups is 1. The first kappa shape index (κ1) is 25.5. The molecule has 38 heavy (non-hydrogen) atoms. The molecule has 0 saturated heterocycles. The normalized spacial score (nSPS) is 14.9. The monoisotopic (exact) mass is 508 g/mol. The van der Waals surface area contributed by atoms with E-state index in [2.05, 4.69) is 29.4 Å². The number of aromatic carboxylic acids is 1. The average Bonchev–Trinajstić information content (AvgIpc) is 2.97. The zero-order chi connectivity index (χ0) is 26.2. The number of fused-ring (bicyclic) bond motifs is 1. The number of ether oxygens (including phenoxy) is 1. The van der Waals surface area contributed by atoms with Gasteiger partial charge in [0.2, 0.25) is 0 Å². The third-order valence-electron chi connectivity index (χ3n) is 7.26. The summed E-state index contributed by atoms with van der Waals surface area (Å²) in [7, 11) is 0. The molecule has 1 fully saturated rings. The fourth-order valence-electron chi connectivity index (χ4n) is 5.13. The Kier molecular flexibility index (Phi) is 8.29. The van der Waals surface area contributed by atoms with E-state index in [1.165, 1.54) is 37.7 Å². The zero-order valence-electron chi connectivity index (χ0n) is 21.3. The van der Waals surface area contributed by atoms with E-state index in [-0.39, 0.29) is 11.5 Å². The molecule has 1 aromatic heterocycles. The highest BCUT2D eigenvalue weighted by molar-refractivity contribution is 5.89. The van der Waals surface area contributed by atoms with E-state index in [1.807, 2.05) is 36.4 Å². The molecule has 0 bridgehead atoms. The number of rotatable bonds is 10. The molecule has 5 rings (SSSR count). The molecule has 0 aliphatic heterocycles. The molecular formula is C32H32N2O4. The van der Waals surface area contributed by atoms with Crippen molar-refractivity contribution in [2.75, 3.05) is 6.61 Å². The lowest BCUT2D eigenvalue weighted by Gasteiger charge is -2.29. The van der Waals surface area contributed by atoms with E-state index in [0.29, 0.717) is 19.1 Å². The van der Waals surface area contributed by atoms with Gasteiger partial charge in [0.05, 0.1) is 23.0 Å². The number of pyridine rings is 1. The number of hydrogen-bond acceptors (Lipinski definition) is 5. The molecular weight excluding hydrogens is 476 g/mol. The molecule has 194 valence electrons. The number of carboxylic acid groups (broad SMARTS) is 1. The second-order valence-electron chi connectivity index (χ2n) is 9.82. The van der Waals surface area contributed by atoms with E-state index in [1.54, 1.807) is 30.5 Å². The van der Waals surface area contributed by atoms with Gasteiger partial charge in [0.1, 0.15) is 19.0 Å². The van der Waals surface area contributed by atoms with Gasteiger partial charge < -0.3 is 14.7 Å². The van der Waals surface area contributed by atoms with Crippen LogP contribution < -0.4 is 4.74 Å². The van der Waals surface area contributed by atoms with E-state index in [4.69, 9.17) is 19.7 Å². The molecule has 1 unspecified atom stereocenters. The van der Waals surface area contributed by atoms with Crippen LogP contribution in [-0.2, 0) is 11.4 Å². The largest absolute Gasteiger partial charge is 0.487 e. The minimum absolute atomic E-state index is 0.248. The highest BCUT2D eigenvalue weighted by atomic mass is 16.6. The van der Waals surface area contributed by atoms with Crippen molar-refractivity contribution in [3.05, 3.63) is 107 Å². The molecule has 1 heterocycles. The van der Waals surface area contributed by atoms with Gasteiger partial charge >= 0.3 is 5.97 Å². The third-order valence-corrected chi connectivity index (χ3v) is 7.26. The maximum absolute atomic E-state index is 11.0. The first-order valence-corrected chi connectivity index (χ1v) is 13.2. The standard InChI is InChI=1S/C32H32N2O4/c35-32(36)27-12-10-23(11-13-27)20-33-38-22-30(24-6-2-1-3-7-24)25-15-18-29(19-16-25)37-21-28-17-14-26-8-4-5-9-31(26)34-28/h4-5,8-20,24,30H,1-3,6-7,21-22H2,(H,35,36). The smallest absolute Gasteiger partial charge is 0.335 e. The summed E-state index contributed by atoms with van der Waals surface area (Å²) in [5, 5.41) is 14.3. The van der Waals surface area contributed by atoms with Gasteiger partial charge in [0, 0.05) is 11.3 Å². The lowest BCUT2D eigenvalue weighted by Crippen LogP contribution is -2.20. The van der Waals surface area contributed by atoms with E-state index in [0.717, 1.165) is 27.9 Å². The Morgan fingerprint density at radius 1 is 0.947 bits per heavy atom. The van der Waals surface area contributed by atoms with Crippen molar-refractivity contribution in [2.24, 2.45) is 11.1 Å². The van der Waals surface area contributed by atoms with Crippen LogP contribution in [0.3, 0.4) is 0 Å². The molecule has 1 aliphatic carbocycles. The number of hydrogen-bond donors (Lipinski definition) is 1. The van der Waals surface area contributed by atoms with Crippen molar-refractivity contribution < 1.29 is 19.5 Å². The van der Waals surface area contributed by atoms with E-state index in [9.17, 15) is 4.79 Å². The molecule has 1 saturated carbocycles. The summed E-state index contributed by atoms with van der Waals surface area (Å²) in [6.45, 7) is 0.914. The molecule has 1 N–H and O–H groups in total. The molecule has 1 aliphatic rings. The quantitative estimate of drug-likeness (QED) is 0.181. The number of carboxylic acids is 1. The molecule has 0 radical (unpaired) electrons. The second kappa shape index (κ2) is 12.4. The first-order chi connectivity index (χ1) is 18.7. The summed E-state index contributed by atoms with van der Waals surface area (Å²) in [5.74, 6) is 0.678. The lowest BCUT2D eigenvalue weighted by atomic mass is 9.77. The number of para-hydroxylation sites is 1. The highest BCUT2D eigenvalue weighted by Crippen LogP contribution is 2.37. The predicted molar refractivity (Wildman–Crippen MR) is 149 cm³/mol. The van der Waals surface area contributed by atoms with Crippen LogP contribution in [-0.4, -0.2) is 28.9 Å². The van der Waals surface area contributed by atoms with Crippen LogP contribution in [0.25, 0.3) is 10.9 Å². The predicted octanol–water partition coefficient (Wildman–Crippen LogP) is 7.23. The molecule has 1 atom stereocenters. The molecule has 3 aromatic carbocycles. The highest BCUT2D eigenvalue weighted by Gasteiger charge is 2.26. The topological polar surface area (TPSA) is 81.0 Å². The number of benzene rings is 3. The Hall–Kier alpha value is -4.19. The molecule has 0 spiro atoms. The molecule has 4 aromatic rings. The van der Waals surface area contributed by atoms with Gasteiger partial charge in [-0.1, -0.05) is 72.9 Å². The lowest BCUT2D eigenvalue weighted by molar-refractivity contribution is 0.0697. The van der Waals surface area contributed by atoms with Gasteiger partial charge in [-0.15, -0.1) is 0 Å². The van der Waals surface area contributed by atoms with Gasteiger partial charge in [0.15, 0.2) is 0 Å². The van der Waals surface area contributed by atoms with Crippen LogP contribution in [0.2, 0.25) is 0 Å². The van der Waals surface area contributed by atoms with Crippen LogP contribution in [0.4, 0.5) is 0 Å². The first-order valence-electron chi connectivity index (χ1n) is 13.2. The SMILES string of the molecule is O=C(O)c1ccc(C=NOCC(c2ccc(OCc3ccc4ccccc4n3)cc2)C2CCCCC2)cc1. The minimum atomic E-state index is -0.943. The van der Waals surface area contributed by atoms with Gasteiger partial charge in [0.25, 0.3) is 0 Å². The fourth-order valence-corrected chi connectivity index (χ4v) is 5.13. The summed E-state index contributed by atoms with van der Waals surface area (Å²) < 4.78 is 6.04. The van der Waals surface area contributed by atoms with Gasteiger partial charge in [-0.05, 0) is 66.3 Å². The maximum Gasteiger partial charge on any atom is 0.335 e. The Labute approximate surface area is 222 Å². The maximum atomic E-state index is 11.0. The fraction of sp³-hybridized carbons (Fsp3) is 0.281. The minimum Gasteiger partial charge on any atom is -0.487 e. The van der Waals surface area contributed by atoms with Crippen molar-refractivity contribution in [3.63, 3.8) is 0 Å². The summed E-state index contributed by atoms with van der Waals surface area (Å²) in [6, 6.07) is 27.1. The van der Waals surface area contributed by atoms with Crippen LogP contribution in [0.1, 0.15) is 65.2 Å². The molecule has 6 heteroatoms. The zero-order valence-corrected chi connectivity index (χ0v) is 21.3. The Morgan fingerprint density at radius 2 is 1.71 bits per heavy atom. The van der Waals surface area contributed by atoms with Gasteiger partial charge in [-0.3, -0.25) is 0 Å². The Morgan fingerprint density at radius 3 is 2.47 bits per heavy atom. The van der Waals surface area contributed by atoms with E-state index < -0.39 is 5.97 Å². The summed E-state index contributed by atoms with van der Waals surface area (Å²) in [6.07, 6.45) is 7.81. The van der Waals surface area contributed by atoms with Crippen LogP contribution in [0.5, 0.6) is 5.75 Å². The van der Waals surface area contributed by atoms with Crippen molar-refractivity contribution in [3.8, 4) is 5.75 Å². The molecule has 0 amide bonds. The van der Waals surface area contributed by atoms with Gasteiger partial charge in [-0.25, -0.2) is 9.78 Å². The number of carbonyl (C=O) groups is 1. The summed E-state index contributed by atoms with van der Waals surface area (Å²) in [5.41, 5.74) is 4.15. The molecule has 6 nitrogen and oxygen atoms in total. The van der Waals surface area contributed by atoms with Crippen molar-refractivity contribution >= 4 is 23.1 Å². The second-order valence-corrected chi connectivity index (χ2v) is 9.82. The van der Waals surface area contributed by atoms with Crippen molar-refractivity contribution in [1.29, 1.82) is 0 Å². The van der Waals surface area contributed by atoms with Crippen LogP contribution in [0, 0.1) is 5.92 Å². The van der Waals surface area contributed by atoms with E-state index >= 15 is 0 Å². The third kappa shape index (κ3) is 6.57.